The Morgan fingerprint density at radius 3 is 2.59 bits per heavy atom. The molecule has 5 heteroatoms. The van der Waals surface area contributed by atoms with Gasteiger partial charge < -0.3 is 19.3 Å². The first kappa shape index (κ1) is 15.2. The Labute approximate surface area is 129 Å². The van der Waals surface area contributed by atoms with Crippen molar-refractivity contribution in [3.63, 3.8) is 0 Å². The second-order valence-electron chi connectivity index (χ2n) is 6.16. The summed E-state index contributed by atoms with van der Waals surface area (Å²) >= 11 is 0. The van der Waals surface area contributed by atoms with Crippen molar-refractivity contribution in [3.8, 4) is 0 Å². The molecule has 0 unspecified atom stereocenters. The summed E-state index contributed by atoms with van der Waals surface area (Å²) in [4.78, 5) is 12.2. The number of rotatable bonds is 2. The van der Waals surface area contributed by atoms with Crippen molar-refractivity contribution in [1.82, 2.24) is 0 Å². The predicted octanol–water partition coefficient (Wildman–Crippen LogP) is 2.05. The normalized spacial score (nSPS) is 33.0. The third kappa shape index (κ3) is 2.79. The largest absolute Gasteiger partial charge is 0.451 e. The van der Waals surface area contributed by atoms with E-state index in [9.17, 15) is 9.90 Å². The summed E-state index contributed by atoms with van der Waals surface area (Å²) in [7, 11) is 0. The van der Waals surface area contributed by atoms with Gasteiger partial charge in [0.1, 0.15) is 18.3 Å². The molecule has 1 aliphatic carbocycles. The van der Waals surface area contributed by atoms with Crippen LogP contribution in [-0.2, 0) is 14.2 Å². The van der Waals surface area contributed by atoms with Crippen molar-refractivity contribution >= 4 is 5.97 Å². The number of aliphatic hydroxyl groups is 1. The van der Waals surface area contributed by atoms with E-state index in [-0.39, 0.29) is 6.10 Å². The van der Waals surface area contributed by atoms with Gasteiger partial charge in [0, 0.05) is 0 Å². The highest BCUT2D eigenvalue weighted by atomic mass is 16.8. The minimum absolute atomic E-state index is 0.323. The van der Waals surface area contributed by atoms with Crippen LogP contribution < -0.4 is 0 Å². The molecule has 5 nitrogen and oxygen atoms in total. The van der Waals surface area contributed by atoms with Crippen molar-refractivity contribution in [2.45, 2.75) is 51.0 Å². The van der Waals surface area contributed by atoms with Crippen molar-refractivity contribution in [1.29, 1.82) is 0 Å². The number of esters is 1. The third-order valence-electron chi connectivity index (χ3n) is 3.93. The smallest absolute Gasteiger partial charge is 0.338 e. The molecule has 1 aromatic carbocycles. The van der Waals surface area contributed by atoms with Crippen molar-refractivity contribution < 1.29 is 24.1 Å². The quantitative estimate of drug-likeness (QED) is 0.669. The van der Waals surface area contributed by atoms with E-state index in [4.69, 9.17) is 14.2 Å². The second-order valence-corrected chi connectivity index (χ2v) is 6.16. The molecule has 118 valence electrons. The number of fused-ring (bicyclic) bond motifs is 1. The van der Waals surface area contributed by atoms with Crippen LogP contribution in [0.15, 0.2) is 42.0 Å². The van der Waals surface area contributed by atoms with E-state index < -0.39 is 30.1 Å². The first-order chi connectivity index (χ1) is 10.4. The van der Waals surface area contributed by atoms with Gasteiger partial charge in [-0.3, -0.25) is 0 Å². The monoisotopic (exact) mass is 304 g/mol. The number of carbonyl (C=O) groups excluding carboxylic acids is 1. The topological polar surface area (TPSA) is 65.0 Å². The van der Waals surface area contributed by atoms with Crippen molar-refractivity contribution in [2.75, 3.05) is 0 Å². The molecule has 0 amide bonds. The fourth-order valence-corrected chi connectivity index (χ4v) is 2.93. The zero-order valence-electron chi connectivity index (χ0n) is 12.9. The molecule has 4 atom stereocenters. The number of aliphatic hydroxyl groups excluding tert-OH is 1. The van der Waals surface area contributed by atoms with E-state index >= 15 is 0 Å². The molecule has 1 N–H and O–H groups in total. The molecule has 1 aromatic rings. The minimum Gasteiger partial charge on any atom is -0.451 e. The molecular formula is C17H20O5. The average Bonchev–Trinajstić information content (AvgIpc) is 2.79. The molecule has 0 spiro atoms. The van der Waals surface area contributed by atoms with Crippen LogP contribution >= 0.6 is 0 Å². The maximum atomic E-state index is 12.2. The van der Waals surface area contributed by atoms with Gasteiger partial charge >= 0.3 is 5.97 Å². The van der Waals surface area contributed by atoms with Crippen LogP contribution in [0.3, 0.4) is 0 Å². The highest BCUT2D eigenvalue weighted by Crippen LogP contribution is 2.37. The Bertz CT molecular complexity index is 592. The molecule has 1 heterocycles. The lowest BCUT2D eigenvalue weighted by molar-refractivity contribution is -0.158. The standard InChI is InChI=1S/C17H20O5/c1-10-9-12-15(22-17(2,3)21-12)13(18)14(10)20-16(19)11-7-5-4-6-8-11/h4-9,12-15,18H,1-3H3/t12-,13+,14-,15-/m1/s1. The Kier molecular flexibility index (Phi) is 3.80. The van der Waals surface area contributed by atoms with Gasteiger partial charge in [-0.2, -0.15) is 0 Å². The van der Waals surface area contributed by atoms with E-state index in [1.165, 1.54) is 0 Å². The lowest BCUT2D eigenvalue weighted by Gasteiger charge is -2.33. The number of hydrogen-bond donors (Lipinski definition) is 1. The highest BCUT2D eigenvalue weighted by molar-refractivity contribution is 5.89. The lowest BCUT2D eigenvalue weighted by Crippen LogP contribution is -2.48. The molecular weight excluding hydrogens is 284 g/mol. The predicted molar refractivity (Wildman–Crippen MR) is 79.2 cm³/mol. The van der Waals surface area contributed by atoms with Crippen LogP contribution in [0.25, 0.3) is 0 Å². The molecule has 2 aliphatic rings. The first-order valence-electron chi connectivity index (χ1n) is 7.35. The van der Waals surface area contributed by atoms with Crippen molar-refractivity contribution in [3.05, 3.63) is 47.5 Å². The van der Waals surface area contributed by atoms with Crippen LogP contribution in [0.5, 0.6) is 0 Å². The van der Waals surface area contributed by atoms with Gasteiger partial charge in [-0.25, -0.2) is 4.79 Å². The Balaban J connectivity index is 1.78. The zero-order valence-corrected chi connectivity index (χ0v) is 12.9. The maximum absolute atomic E-state index is 12.2. The Morgan fingerprint density at radius 2 is 1.91 bits per heavy atom. The molecule has 0 aromatic heterocycles. The van der Waals surface area contributed by atoms with Crippen molar-refractivity contribution in [2.24, 2.45) is 0 Å². The fraction of sp³-hybridized carbons (Fsp3) is 0.471. The number of ether oxygens (including phenoxy) is 3. The maximum Gasteiger partial charge on any atom is 0.338 e. The van der Waals surface area contributed by atoms with Gasteiger partial charge in [0.05, 0.1) is 5.56 Å². The summed E-state index contributed by atoms with van der Waals surface area (Å²) in [6, 6.07) is 8.72. The molecule has 0 saturated carbocycles. The summed E-state index contributed by atoms with van der Waals surface area (Å²) < 4.78 is 16.9. The van der Waals surface area contributed by atoms with Gasteiger partial charge in [0.2, 0.25) is 0 Å². The number of hydrogen-bond acceptors (Lipinski definition) is 5. The summed E-state index contributed by atoms with van der Waals surface area (Å²) in [5, 5.41) is 10.5. The van der Waals surface area contributed by atoms with Gasteiger partial charge in [-0.15, -0.1) is 0 Å². The highest BCUT2D eigenvalue weighted by Gasteiger charge is 2.50. The SMILES string of the molecule is CC1=C[C@H]2OC(C)(C)O[C@H]2[C@@H](O)[C@@H]1OC(=O)c1ccccc1. The van der Waals surface area contributed by atoms with Crippen LogP contribution in [0.2, 0.25) is 0 Å². The molecule has 1 aliphatic heterocycles. The van der Waals surface area contributed by atoms with E-state index in [1.54, 1.807) is 38.1 Å². The number of carbonyl (C=O) groups is 1. The Hall–Kier alpha value is -1.69. The molecule has 22 heavy (non-hydrogen) atoms. The van der Waals surface area contributed by atoms with E-state index in [0.29, 0.717) is 5.56 Å². The van der Waals surface area contributed by atoms with E-state index in [2.05, 4.69) is 0 Å². The second kappa shape index (κ2) is 5.50. The zero-order chi connectivity index (χ0) is 15.9. The molecule has 1 fully saturated rings. The summed E-state index contributed by atoms with van der Waals surface area (Å²) in [6.07, 6.45) is -0.686. The summed E-state index contributed by atoms with van der Waals surface area (Å²) in [6.45, 7) is 5.41. The van der Waals surface area contributed by atoms with E-state index in [0.717, 1.165) is 5.57 Å². The average molecular weight is 304 g/mol. The molecule has 0 radical (unpaired) electrons. The lowest BCUT2D eigenvalue weighted by atomic mass is 9.90. The molecule has 1 saturated heterocycles. The first-order valence-corrected chi connectivity index (χ1v) is 7.35. The summed E-state index contributed by atoms with van der Waals surface area (Å²) in [5.41, 5.74) is 1.22. The molecule has 3 rings (SSSR count). The van der Waals surface area contributed by atoms with Crippen LogP contribution in [0.1, 0.15) is 31.1 Å². The number of benzene rings is 1. The van der Waals surface area contributed by atoms with E-state index in [1.807, 2.05) is 19.1 Å². The van der Waals surface area contributed by atoms with Crippen LogP contribution in [0.4, 0.5) is 0 Å². The Morgan fingerprint density at radius 1 is 1.23 bits per heavy atom. The fourth-order valence-electron chi connectivity index (χ4n) is 2.93. The molecule has 0 bridgehead atoms. The van der Waals surface area contributed by atoms with Gasteiger partial charge in [-0.05, 0) is 38.5 Å². The van der Waals surface area contributed by atoms with Crippen LogP contribution in [-0.4, -0.2) is 41.3 Å². The summed E-state index contributed by atoms with van der Waals surface area (Å²) in [5.74, 6) is -1.22. The van der Waals surface area contributed by atoms with Gasteiger partial charge in [0.25, 0.3) is 0 Å². The van der Waals surface area contributed by atoms with Crippen LogP contribution in [0, 0.1) is 0 Å². The van der Waals surface area contributed by atoms with Gasteiger partial charge in [-0.1, -0.05) is 24.3 Å². The third-order valence-corrected chi connectivity index (χ3v) is 3.93. The van der Waals surface area contributed by atoms with Gasteiger partial charge in [0.15, 0.2) is 11.9 Å². The minimum atomic E-state index is -0.954.